The molecule has 9 nitrogen and oxygen atoms in total. The lowest BCUT2D eigenvalue weighted by Gasteiger charge is -2.10. The van der Waals surface area contributed by atoms with Gasteiger partial charge in [0.2, 0.25) is 11.8 Å². The largest absolute Gasteiger partial charge is 0.493 e. The minimum atomic E-state index is -0.526. The number of carbonyl (C=O) groups excluding carboxylic acids is 2. The third kappa shape index (κ3) is 6.91. The van der Waals surface area contributed by atoms with Crippen molar-refractivity contribution < 1.29 is 28.5 Å². The van der Waals surface area contributed by atoms with Gasteiger partial charge in [-0.3, -0.25) is 9.59 Å². The first-order valence-electron chi connectivity index (χ1n) is 9.52. The standard InChI is InChI=1S/C22H27N3O6/c1-28-17-9-8-15(12-19(17)30-3)10-11-23-20(26)13-21(27)25-24-14-16-6-5-7-18(29-2)22(16)31-4/h5-9,12,14H,10-11,13H2,1-4H3,(H,23,26)(H,25,27)/b24-14-. The number of benzene rings is 2. The van der Waals surface area contributed by atoms with Crippen LogP contribution in [0.4, 0.5) is 0 Å². The molecule has 9 heteroatoms. The number of nitrogens with zero attached hydrogens (tertiary/aromatic N) is 1. The van der Waals surface area contributed by atoms with Crippen molar-refractivity contribution in [1.29, 1.82) is 0 Å². The van der Waals surface area contributed by atoms with E-state index in [0.717, 1.165) is 5.56 Å². The Hall–Kier alpha value is -3.75. The Morgan fingerprint density at radius 2 is 1.65 bits per heavy atom. The normalized spacial score (nSPS) is 10.5. The van der Waals surface area contributed by atoms with Crippen LogP contribution < -0.4 is 29.7 Å². The van der Waals surface area contributed by atoms with Crippen LogP contribution in [0.3, 0.4) is 0 Å². The molecule has 0 atom stereocenters. The SMILES string of the molecule is COc1ccc(CCNC(=O)CC(=O)N/N=C\c2cccc(OC)c2OC)cc1OC. The molecule has 31 heavy (non-hydrogen) atoms. The number of para-hydroxylation sites is 1. The van der Waals surface area contributed by atoms with Gasteiger partial charge in [0.05, 0.1) is 34.7 Å². The molecular formula is C22H27N3O6. The zero-order valence-corrected chi connectivity index (χ0v) is 18.1. The number of hydrazone groups is 1. The number of ether oxygens (including phenoxy) is 4. The average Bonchev–Trinajstić information content (AvgIpc) is 2.78. The Morgan fingerprint density at radius 1 is 0.903 bits per heavy atom. The van der Waals surface area contributed by atoms with Crippen LogP contribution in [0, 0.1) is 0 Å². The molecule has 2 N–H and O–H groups in total. The number of amides is 2. The van der Waals surface area contributed by atoms with Crippen molar-refractivity contribution >= 4 is 18.0 Å². The molecule has 2 rings (SSSR count). The van der Waals surface area contributed by atoms with Crippen molar-refractivity contribution in [2.24, 2.45) is 5.10 Å². The Balaban J connectivity index is 1.79. The Morgan fingerprint density at radius 3 is 2.32 bits per heavy atom. The van der Waals surface area contributed by atoms with Crippen LogP contribution >= 0.6 is 0 Å². The summed E-state index contributed by atoms with van der Waals surface area (Å²) in [5.41, 5.74) is 3.93. The zero-order chi connectivity index (χ0) is 22.6. The third-order valence-corrected chi connectivity index (χ3v) is 4.33. The van der Waals surface area contributed by atoms with E-state index in [9.17, 15) is 9.59 Å². The van der Waals surface area contributed by atoms with Gasteiger partial charge in [-0.05, 0) is 36.2 Å². The van der Waals surface area contributed by atoms with Crippen LogP contribution in [-0.2, 0) is 16.0 Å². The highest BCUT2D eigenvalue weighted by molar-refractivity contribution is 5.97. The Kier molecular flexibility index (Phi) is 9.15. The van der Waals surface area contributed by atoms with Crippen molar-refractivity contribution in [3.63, 3.8) is 0 Å². The van der Waals surface area contributed by atoms with Crippen LogP contribution in [-0.4, -0.2) is 53.0 Å². The fourth-order valence-corrected chi connectivity index (χ4v) is 2.82. The number of carbonyl (C=O) groups is 2. The second kappa shape index (κ2) is 12.1. The van der Waals surface area contributed by atoms with Gasteiger partial charge in [-0.2, -0.15) is 5.10 Å². The van der Waals surface area contributed by atoms with E-state index >= 15 is 0 Å². The topological polar surface area (TPSA) is 107 Å². The summed E-state index contributed by atoms with van der Waals surface area (Å²) in [4.78, 5) is 23.9. The van der Waals surface area contributed by atoms with Gasteiger partial charge in [-0.25, -0.2) is 5.43 Å². The highest BCUT2D eigenvalue weighted by Gasteiger charge is 2.10. The number of hydrogen-bond donors (Lipinski definition) is 2. The number of methoxy groups -OCH3 is 4. The lowest BCUT2D eigenvalue weighted by atomic mass is 10.1. The van der Waals surface area contributed by atoms with E-state index in [1.807, 2.05) is 12.1 Å². The van der Waals surface area contributed by atoms with Crippen molar-refractivity contribution in [1.82, 2.24) is 10.7 Å². The molecule has 0 fully saturated rings. The Bertz CT molecular complexity index is 929. The molecule has 0 aliphatic heterocycles. The molecule has 0 aromatic heterocycles. The van der Waals surface area contributed by atoms with Crippen LogP contribution in [0.25, 0.3) is 0 Å². The van der Waals surface area contributed by atoms with E-state index in [2.05, 4.69) is 15.8 Å². The first kappa shape index (κ1) is 23.5. The molecule has 0 unspecified atom stereocenters. The van der Waals surface area contributed by atoms with E-state index in [1.54, 1.807) is 38.5 Å². The van der Waals surface area contributed by atoms with E-state index in [4.69, 9.17) is 18.9 Å². The second-order valence-electron chi connectivity index (χ2n) is 6.34. The minimum absolute atomic E-state index is 0.335. The summed E-state index contributed by atoms with van der Waals surface area (Å²) in [7, 11) is 6.18. The maximum absolute atomic E-state index is 12.0. The lowest BCUT2D eigenvalue weighted by molar-refractivity contribution is -0.129. The van der Waals surface area contributed by atoms with Gasteiger partial charge in [-0.15, -0.1) is 0 Å². The maximum atomic E-state index is 12.0. The molecular weight excluding hydrogens is 402 g/mol. The van der Waals surface area contributed by atoms with Crippen molar-refractivity contribution in [2.75, 3.05) is 35.0 Å². The molecule has 2 amide bonds. The van der Waals surface area contributed by atoms with Crippen LogP contribution in [0.15, 0.2) is 41.5 Å². The van der Waals surface area contributed by atoms with Gasteiger partial charge >= 0.3 is 0 Å². The summed E-state index contributed by atoms with van der Waals surface area (Å²) in [5.74, 6) is 1.38. The monoisotopic (exact) mass is 429 g/mol. The molecule has 0 bridgehead atoms. The van der Waals surface area contributed by atoms with Crippen molar-refractivity contribution in [2.45, 2.75) is 12.8 Å². The Labute approximate surface area is 181 Å². The molecule has 0 radical (unpaired) electrons. The molecule has 0 heterocycles. The van der Waals surface area contributed by atoms with Gasteiger partial charge in [0.1, 0.15) is 6.42 Å². The molecule has 0 aliphatic carbocycles. The first-order chi connectivity index (χ1) is 15.0. The molecule has 0 aliphatic rings. The summed E-state index contributed by atoms with van der Waals surface area (Å²) in [6.45, 7) is 0.381. The van der Waals surface area contributed by atoms with Crippen molar-refractivity contribution in [3.05, 3.63) is 47.5 Å². The number of nitrogens with one attached hydrogen (secondary N) is 2. The fraction of sp³-hybridized carbons (Fsp3) is 0.318. The summed E-state index contributed by atoms with van der Waals surface area (Å²) >= 11 is 0. The van der Waals surface area contributed by atoms with Crippen molar-refractivity contribution in [3.8, 4) is 23.0 Å². The van der Waals surface area contributed by atoms with E-state index in [-0.39, 0.29) is 6.42 Å². The van der Waals surface area contributed by atoms with Crippen LogP contribution in [0.1, 0.15) is 17.5 Å². The van der Waals surface area contributed by atoms with Gasteiger partial charge in [0.25, 0.3) is 0 Å². The summed E-state index contributed by atoms with van der Waals surface area (Å²) < 4.78 is 21.0. The number of rotatable bonds is 11. The van der Waals surface area contributed by atoms with Crippen LogP contribution in [0.5, 0.6) is 23.0 Å². The zero-order valence-electron chi connectivity index (χ0n) is 18.1. The van der Waals surface area contributed by atoms with Crippen LogP contribution in [0.2, 0.25) is 0 Å². The van der Waals surface area contributed by atoms with Gasteiger partial charge in [0, 0.05) is 12.1 Å². The lowest BCUT2D eigenvalue weighted by Crippen LogP contribution is -2.31. The third-order valence-electron chi connectivity index (χ3n) is 4.33. The summed E-state index contributed by atoms with van der Waals surface area (Å²) in [6, 6.07) is 10.8. The molecule has 0 spiro atoms. The first-order valence-corrected chi connectivity index (χ1v) is 9.52. The average molecular weight is 429 g/mol. The molecule has 2 aromatic carbocycles. The summed E-state index contributed by atoms with van der Waals surface area (Å²) in [6.07, 6.45) is 1.67. The van der Waals surface area contributed by atoms with Gasteiger partial charge in [0.15, 0.2) is 23.0 Å². The van der Waals surface area contributed by atoms with E-state index in [0.29, 0.717) is 41.5 Å². The molecule has 0 saturated carbocycles. The predicted octanol–water partition coefficient (Wildman–Crippen LogP) is 1.92. The second-order valence-corrected chi connectivity index (χ2v) is 6.34. The summed E-state index contributed by atoms with van der Waals surface area (Å²) in [5, 5.41) is 6.59. The van der Waals surface area contributed by atoms with E-state index in [1.165, 1.54) is 20.4 Å². The highest BCUT2D eigenvalue weighted by atomic mass is 16.5. The fourth-order valence-electron chi connectivity index (χ4n) is 2.82. The maximum Gasteiger partial charge on any atom is 0.249 e. The highest BCUT2D eigenvalue weighted by Crippen LogP contribution is 2.29. The predicted molar refractivity (Wildman–Crippen MR) is 116 cm³/mol. The number of hydrogen-bond acceptors (Lipinski definition) is 7. The molecule has 166 valence electrons. The smallest absolute Gasteiger partial charge is 0.249 e. The quantitative estimate of drug-likeness (QED) is 0.321. The molecule has 0 saturated heterocycles. The minimum Gasteiger partial charge on any atom is -0.493 e. The molecule has 2 aromatic rings. The van der Waals surface area contributed by atoms with Gasteiger partial charge < -0.3 is 24.3 Å². The van der Waals surface area contributed by atoms with Gasteiger partial charge in [-0.1, -0.05) is 12.1 Å². The van der Waals surface area contributed by atoms with E-state index < -0.39 is 11.8 Å².